The predicted molar refractivity (Wildman–Crippen MR) is 78.3 cm³/mol. The van der Waals surface area contributed by atoms with Gasteiger partial charge in [-0.1, -0.05) is 29.8 Å². The van der Waals surface area contributed by atoms with E-state index < -0.39 is 21.6 Å². The topological polar surface area (TPSA) is 92.2 Å². The number of nitrogens with zero attached hydrogens (tertiary/aromatic N) is 1. The van der Waals surface area contributed by atoms with Gasteiger partial charge >= 0.3 is 5.69 Å². The molecule has 2 N–H and O–H groups in total. The van der Waals surface area contributed by atoms with Gasteiger partial charge in [-0.05, 0) is 23.6 Å². The van der Waals surface area contributed by atoms with Crippen LogP contribution in [0.1, 0.15) is 0 Å². The van der Waals surface area contributed by atoms with Crippen LogP contribution in [-0.4, -0.2) is 22.5 Å². The van der Waals surface area contributed by atoms with Gasteiger partial charge in [-0.25, -0.2) is 13.2 Å². The number of nitrogens with one attached hydrogen (secondary N) is 1. The van der Waals surface area contributed by atoms with Gasteiger partial charge in [0.15, 0.2) is 0 Å². The number of hydrogen-bond donors (Lipinski definition) is 2. The van der Waals surface area contributed by atoms with E-state index in [1.165, 1.54) is 12.1 Å². The van der Waals surface area contributed by atoms with Gasteiger partial charge in [0.25, 0.3) is 10.0 Å². The largest absolute Gasteiger partial charge is 0.493 e. The Labute approximate surface area is 124 Å². The standard InChI is InChI=1S/C13H9ClN2O4S/c14-11-3-1-2-8-4-5-9(6-10(8)11)21(19,20)16-7-12(17)15-13(16)18/h1-7,17H,(H,15,18). The van der Waals surface area contributed by atoms with Crippen LogP contribution < -0.4 is 5.69 Å². The van der Waals surface area contributed by atoms with Crippen LogP contribution >= 0.6 is 11.6 Å². The summed E-state index contributed by atoms with van der Waals surface area (Å²) in [7, 11) is -4.10. The van der Waals surface area contributed by atoms with Crippen molar-refractivity contribution in [1.29, 1.82) is 0 Å². The van der Waals surface area contributed by atoms with Crippen LogP contribution in [0.25, 0.3) is 10.8 Å². The molecule has 2 aromatic carbocycles. The van der Waals surface area contributed by atoms with E-state index in [1.807, 2.05) is 4.98 Å². The zero-order chi connectivity index (χ0) is 15.2. The maximum Gasteiger partial charge on any atom is 0.342 e. The Balaban J connectivity index is 2.27. The highest BCUT2D eigenvalue weighted by Gasteiger charge is 2.21. The molecule has 0 atom stereocenters. The molecule has 8 heteroatoms. The zero-order valence-corrected chi connectivity index (χ0v) is 12.0. The van der Waals surface area contributed by atoms with E-state index in [4.69, 9.17) is 11.6 Å². The fraction of sp³-hybridized carbons (Fsp3) is 0. The van der Waals surface area contributed by atoms with Crippen molar-refractivity contribution in [2.24, 2.45) is 0 Å². The maximum atomic E-state index is 12.4. The minimum absolute atomic E-state index is 0.0933. The Kier molecular flexibility index (Phi) is 3.03. The summed E-state index contributed by atoms with van der Waals surface area (Å²) in [6.07, 6.45) is 0.814. The van der Waals surface area contributed by atoms with Crippen LogP contribution in [-0.2, 0) is 10.0 Å². The van der Waals surface area contributed by atoms with Crippen LogP contribution in [0.4, 0.5) is 0 Å². The van der Waals surface area contributed by atoms with Gasteiger partial charge in [-0.2, -0.15) is 3.97 Å². The lowest BCUT2D eigenvalue weighted by Crippen LogP contribution is -2.24. The van der Waals surface area contributed by atoms with Crippen molar-refractivity contribution in [3.8, 4) is 5.88 Å². The Morgan fingerprint density at radius 1 is 1.19 bits per heavy atom. The summed E-state index contributed by atoms with van der Waals surface area (Å²) >= 11 is 6.05. The molecule has 6 nitrogen and oxygen atoms in total. The molecule has 0 bridgehead atoms. The molecule has 0 aliphatic rings. The van der Waals surface area contributed by atoms with E-state index >= 15 is 0 Å². The monoisotopic (exact) mass is 324 g/mol. The first-order chi connectivity index (χ1) is 9.89. The zero-order valence-electron chi connectivity index (χ0n) is 10.4. The Morgan fingerprint density at radius 3 is 2.62 bits per heavy atom. The van der Waals surface area contributed by atoms with Gasteiger partial charge in [0.05, 0.1) is 11.1 Å². The number of benzene rings is 2. The molecule has 21 heavy (non-hydrogen) atoms. The lowest BCUT2D eigenvalue weighted by Gasteiger charge is -2.06. The first-order valence-corrected chi connectivity index (χ1v) is 7.66. The molecule has 0 unspecified atom stereocenters. The van der Waals surface area contributed by atoms with Gasteiger partial charge in [0, 0.05) is 10.4 Å². The molecule has 0 aliphatic carbocycles. The lowest BCUT2D eigenvalue weighted by atomic mass is 10.1. The smallest absolute Gasteiger partial charge is 0.342 e. The molecule has 0 saturated carbocycles. The Hall–Kier alpha value is -2.25. The summed E-state index contributed by atoms with van der Waals surface area (Å²) in [5.41, 5.74) is -0.938. The first kappa shape index (κ1) is 13.7. The number of halogens is 1. The van der Waals surface area contributed by atoms with Gasteiger partial charge in [0.1, 0.15) is 0 Å². The average molecular weight is 325 g/mol. The summed E-state index contributed by atoms with van der Waals surface area (Å²) < 4.78 is 25.3. The van der Waals surface area contributed by atoms with Crippen molar-refractivity contribution in [1.82, 2.24) is 8.96 Å². The second-order valence-corrected chi connectivity index (χ2v) is 6.59. The quantitative estimate of drug-likeness (QED) is 0.753. The molecule has 3 aromatic rings. The number of imidazole rings is 1. The Bertz CT molecular complexity index is 1000. The number of H-pyrrole nitrogens is 1. The number of hydrogen-bond acceptors (Lipinski definition) is 4. The minimum Gasteiger partial charge on any atom is -0.493 e. The third-order valence-corrected chi connectivity index (χ3v) is 5.00. The van der Waals surface area contributed by atoms with Gasteiger partial charge in [0.2, 0.25) is 5.88 Å². The molecule has 0 amide bonds. The van der Waals surface area contributed by atoms with Crippen LogP contribution in [0.2, 0.25) is 5.02 Å². The van der Waals surface area contributed by atoms with Crippen molar-refractivity contribution in [3.05, 3.63) is 58.1 Å². The highest BCUT2D eigenvalue weighted by atomic mass is 35.5. The number of aromatic amines is 1. The second-order valence-electron chi connectivity index (χ2n) is 4.37. The van der Waals surface area contributed by atoms with E-state index in [9.17, 15) is 18.3 Å². The van der Waals surface area contributed by atoms with E-state index in [2.05, 4.69) is 0 Å². The molecule has 1 aromatic heterocycles. The molecule has 3 rings (SSSR count). The van der Waals surface area contributed by atoms with E-state index in [-0.39, 0.29) is 4.90 Å². The second kappa shape index (κ2) is 4.64. The summed E-state index contributed by atoms with van der Waals surface area (Å²) in [6, 6.07) is 9.58. The van der Waals surface area contributed by atoms with E-state index in [1.54, 1.807) is 24.3 Å². The third kappa shape index (κ3) is 2.20. The predicted octanol–water partition coefficient (Wildman–Crippen LogP) is 1.93. The normalized spacial score (nSPS) is 11.9. The molecule has 108 valence electrons. The van der Waals surface area contributed by atoms with Gasteiger partial charge in [-0.15, -0.1) is 0 Å². The first-order valence-electron chi connectivity index (χ1n) is 5.84. The van der Waals surface area contributed by atoms with Crippen molar-refractivity contribution >= 4 is 32.4 Å². The van der Waals surface area contributed by atoms with Crippen LogP contribution in [0, 0.1) is 0 Å². The molecule has 0 aliphatic heterocycles. The van der Waals surface area contributed by atoms with Crippen molar-refractivity contribution in [3.63, 3.8) is 0 Å². The SMILES string of the molecule is O=c1[nH]c(O)cn1S(=O)(=O)c1ccc2cccc(Cl)c2c1. The number of aromatic nitrogens is 2. The van der Waals surface area contributed by atoms with Gasteiger partial charge in [-0.3, -0.25) is 4.98 Å². The fourth-order valence-corrected chi connectivity index (χ4v) is 3.51. The highest BCUT2D eigenvalue weighted by Crippen LogP contribution is 2.26. The van der Waals surface area contributed by atoms with Crippen molar-refractivity contribution in [2.75, 3.05) is 0 Å². The van der Waals surface area contributed by atoms with Crippen molar-refractivity contribution < 1.29 is 13.5 Å². The molecule has 0 saturated heterocycles. The van der Waals surface area contributed by atoms with Crippen LogP contribution in [0.3, 0.4) is 0 Å². The van der Waals surface area contributed by atoms with E-state index in [0.29, 0.717) is 14.4 Å². The molecule has 0 spiro atoms. The molecule has 1 heterocycles. The van der Waals surface area contributed by atoms with Crippen LogP contribution in [0.15, 0.2) is 52.3 Å². The lowest BCUT2D eigenvalue weighted by molar-refractivity contribution is 0.455. The highest BCUT2D eigenvalue weighted by molar-refractivity contribution is 7.90. The summed E-state index contributed by atoms with van der Waals surface area (Å²) in [4.78, 5) is 13.4. The summed E-state index contributed by atoms with van der Waals surface area (Å²) in [6.45, 7) is 0. The molecule has 0 fully saturated rings. The number of rotatable bonds is 2. The van der Waals surface area contributed by atoms with E-state index in [0.717, 1.165) is 11.6 Å². The Morgan fingerprint density at radius 2 is 1.95 bits per heavy atom. The van der Waals surface area contributed by atoms with Crippen LogP contribution in [0.5, 0.6) is 5.88 Å². The summed E-state index contributed by atoms with van der Waals surface area (Å²) in [5.74, 6) is -0.526. The minimum atomic E-state index is -4.10. The molecular formula is C13H9ClN2O4S. The van der Waals surface area contributed by atoms with Gasteiger partial charge < -0.3 is 5.11 Å². The fourth-order valence-electron chi connectivity index (χ4n) is 2.03. The summed E-state index contributed by atoms with van der Waals surface area (Å²) in [5, 5.41) is 11.0. The van der Waals surface area contributed by atoms with Crippen molar-refractivity contribution in [2.45, 2.75) is 4.90 Å². The number of aromatic hydroxyl groups is 1. The third-order valence-electron chi connectivity index (χ3n) is 3.03. The molecule has 0 radical (unpaired) electrons. The molecular weight excluding hydrogens is 316 g/mol. The maximum absolute atomic E-state index is 12.4. The average Bonchev–Trinajstić information content (AvgIpc) is 2.78. The number of fused-ring (bicyclic) bond motifs is 1.